The Morgan fingerprint density at radius 2 is 1.60 bits per heavy atom. The molecule has 30 heavy (non-hydrogen) atoms. The quantitative estimate of drug-likeness (QED) is 0.242. The number of nitrogens with zero attached hydrogens (tertiary/aromatic N) is 3. The van der Waals surface area contributed by atoms with Crippen LogP contribution < -0.4 is 4.90 Å². The van der Waals surface area contributed by atoms with Crippen LogP contribution in [0.4, 0.5) is 5.69 Å². The number of hydrogen-bond donors (Lipinski definition) is 0. The largest absolute Gasteiger partial charge is 0.329 e. The molecule has 2 rings (SSSR count). The van der Waals surface area contributed by atoms with Crippen LogP contribution in [0, 0.1) is 6.92 Å². The molecule has 0 bridgehead atoms. The molecular formula is C27H35N3. The first kappa shape index (κ1) is 23.3. The number of benzene rings is 2. The van der Waals surface area contributed by atoms with E-state index in [2.05, 4.69) is 86.4 Å². The lowest BCUT2D eigenvalue weighted by molar-refractivity contribution is 1.08. The van der Waals surface area contributed by atoms with Gasteiger partial charge in [-0.1, -0.05) is 68.0 Å². The van der Waals surface area contributed by atoms with Crippen molar-refractivity contribution in [3.8, 4) is 11.1 Å². The first-order valence-electron chi connectivity index (χ1n) is 10.8. The highest BCUT2D eigenvalue weighted by Crippen LogP contribution is 2.25. The van der Waals surface area contributed by atoms with E-state index < -0.39 is 0 Å². The molecule has 2 aromatic carbocycles. The van der Waals surface area contributed by atoms with Gasteiger partial charge in [0, 0.05) is 17.9 Å². The highest BCUT2D eigenvalue weighted by Gasteiger charge is 2.06. The fourth-order valence-corrected chi connectivity index (χ4v) is 3.10. The SMILES string of the molecule is CC=CCN(C=N/C(C)=C(/C)N=C(CC)CC)c1cccc(-c2cccc(C)c2)c1. The van der Waals surface area contributed by atoms with E-state index >= 15 is 0 Å². The highest BCUT2D eigenvalue weighted by atomic mass is 15.1. The zero-order chi connectivity index (χ0) is 21.9. The fraction of sp³-hybridized carbons (Fsp3) is 0.333. The number of allylic oxidation sites excluding steroid dienone is 3. The van der Waals surface area contributed by atoms with E-state index in [0.717, 1.165) is 36.5 Å². The third kappa shape index (κ3) is 6.84. The lowest BCUT2D eigenvalue weighted by Gasteiger charge is -2.19. The number of anilines is 1. The van der Waals surface area contributed by atoms with Crippen LogP contribution >= 0.6 is 0 Å². The maximum Gasteiger partial charge on any atom is 0.0956 e. The second-order valence-electron chi connectivity index (χ2n) is 7.44. The Hall–Kier alpha value is -2.94. The molecule has 0 radical (unpaired) electrons. The van der Waals surface area contributed by atoms with Gasteiger partial charge in [0.15, 0.2) is 0 Å². The average Bonchev–Trinajstić information content (AvgIpc) is 2.77. The van der Waals surface area contributed by atoms with Crippen molar-refractivity contribution in [3.63, 3.8) is 0 Å². The van der Waals surface area contributed by atoms with Gasteiger partial charge in [0.05, 0.1) is 17.7 Å². The molecule has 3 heteroatoms. The van der Waals surface area contributed by atoms with E-state index in [1.807, 2.05) is 27.1 Å². The molecule has 2 aromatic rings. The average molecular weight is 402 g/mol. The van der Waals surface area contributed by atoms with Gasteiger partial charge in [0.2, 0.25) is 0 Å². The first-order valence-corrected chi connectivity index (χ1v) is 10.8. The molecule has 0 atom stereocenters. The third-order valence-electron chi connectivity index (χ3n) is 5.12. The van der Waals surface area contributed by atoms with Gasteiger partial charge in [-0.05, 0) is 63.8 Å². The van der Waals surface area contributed by atoms with Crippen LogP contribution in [-0.4, -0.2) is 18.6 Å². The normalized spacial score (nSPS) is 12.3. The van der Waals surface area contributed by atoms with Crippen molar-refractivity contribution in [2.75, 3.05) is 11.4 Å². The number of hydrogen-bond acceptors (Lipinski definition) is 2. The number of rotatable bonds is 9. The van der Waals surface area contributed by atoms with E-state index in [4.69, 9.17) is 9.98 Å². The van der Waals surface area contributed by atoms with Crippen molar-refractivity contribution < 1.29 is 0 Å². The molecule has 0 aliphatic carbocycles. The predicted octanol–water partition coefficient (Wildman–Crippen LogP) is 7.59. The molecule has 3 nitrogen and oxygen atoms in total. The summed E-state index contributed by atoms with van der Waals surface area (Å²) in [5.74, 6) is 0. The third-order valence-corrected chi connectivity index (χ3v) is 5.12. The minimum Gasteiger partial charge on any atom is -0.329 e. The Labute approximate surface area is 182 Å². The molecule has 0 spiro atoms. The van der Waals surface area contributed by atoms with Crippen molar-refractivity contribution in [2.45, 2.75) is 54.4 Å². The summed E-state index contributed by atoms with van der Waals surface area (Å²) >= 11 is 0. The first-order chi connectivity index (χ1) is 14.5. The standard InChI is InChI=1S/C27H35N3/c1-7-10-17-30(20-28-22(5)23(6)29-26(8-2)9-3)27-16-12-15-25(19-27)24-14-11-13-21(4)18-24/h7,10-16,18-20H,8-9,17H2,1-6H3/b10-7?,23-22-,28-20?. The summed E-state index contributed by atoms with van der Waals surface area (Å²) in [7, 11) is 0. The maximum absolute atomic E-state index is 4.74. The molecule has 0 saturated heterocycles. The van der Waals surface area contributed by atoms with Gasteiger partial charge in [-0.25, -0.2) is 4.99 Å². The molecule has 0 heterocycles. The molecule has 0 N–H and O–H groups in total. The second kappa shape index (κ2) is 11.9. The van der Waals surface area contributed by atoms with Crippen LogP contribution in [0.25, 0.3) is 11.1 Å². The van der Waals surface area contributed by atoms with Crippen molar-refractivity contribution in [1.29, 1.82) is 0 Å². The molecule has 0 aliphatic rings. The van der Waals surface area contributed by atoms with Crippen molar-refractivity contribution in [2.24, 2.45) is 9.98 Å². The molecule has 158 valence electrons. The molecule has 0 saturated carbocycles. The van der Waals surface area contributed by atoms with E-state index in [0.29, 0.717) is 0 Å². The fourth-order valence-electron chi connectivity index (χ4n) is 3.10. The summed E-state index contributed by atoms with van der Waals surface area (Å²) in [5.41, 5.74) is 7.94. The van der Waals surface area contributed by atoms with Gasteiger partial charge >= 0.3 is 0 Å². The molecule has 0 unspecified atom stereocenters. The van der Waals surface area contributed by atoms with Crippen LogP contribution in [0.1, 0.15) is 53.0 Å². The van der Waals surface area contributed by atoms with Crippen molar-refractivity contribution in [1.82, 2.24) is 0 Å². The number of aryl methyl sites for hydroxylation is 1. The molecule has 0 aromatic heterocycles. The minimum absolute atomic E-state index is 0.766. The Bertz CT molecular complexity index is 942. The Morgan fingerprint density at radius 1 is 0.933 bits per heavy atom. The zero-order valence-electron chi connectivity index (χ0n) is 19.3. The Morgan fingerprint density at radius 3 is 2.23 bits per heavy atom. The van der Waals surface area contributed by atoms with Crippen LogP contribution in [0.2, 0.25) is 0 Å². The van der Waals surface area contributed by atoms with Crippen molar-refractivity contribution in [3.05, 3.63) is 77.6 Å². The Balaban J connectivity index is 2.35. The van der Waals surface area contributed by atoms with Crippen LogP contribution in [-0.2, 0) is 0 Å². The summed E-state index contributed by atoms with van der Waals surface area (Å²) in [6.07, 6.45) is 8.08. The summed E-state index contributed by atoms with van der Waals surface area (Å²) in [6.45, 7) is 13.3. The lowest BCUT2D eigenvalue weighted by atomic mass is 10.0. The predicted molar refractivity (Wildman–Crippen MR) is 134 cm³/mol. The molecule has 0 amide bonds. The topological polar surface area (TPSA) is 28.0 Å². The van der Waals surface area contributed by atoms with Gasteiger partial charge < -0.3 is 4.90 Å². The van der Waals surface area contributed by atoms with E-state index in [-0.39, 0.29) is 0 Å². The second-order valence-corrected chi connectivity index (χ2v) is 7.44. The smallest absolute Gasteiger partial charge is 0.0956 e. The van der Waals surface area contributed by atoms with Crippen LogP contribution in [0.5, 0.6) is 0 Å². The monoisotopic (exact) mass is 401 g/mol. The van der Waals surface area contributed by atoms with Crippen molar-refractivity contribution >= 4 is 17.7 Å². The Kier molecular flexibility index (Phi) is 9.27. The van der Waals surface area contributed by atoms with E-state index in [1.54, 1.807) is 0 Å². The molecule has 0 fully saturated rings. The van der Waals surface area contributed by atoms with Gasteiger partial charge in [0.1, 0.15) is 0 Å². The van der Waals surface area contributed by atoms with Crippen LogP contribution in [0.15, 0.2) is 82.1 Å². The minimum atomic E-state index is 0.766. The van der Waals surface area contributed by atoms with Gasteiger partial charge in [-0.2, -0.15) is 0 Å². The summed E-state index contributed by atoms with van der Waals surface area (Å²) < 4.78 is 0. The van der Waals surface area contributed by atoms with E-state index in [9.17, 15) is 0 Å². The van der Waals surface area contributed by atoms with E-state index in [1.165, 1.54) is 22.4 Å². The summed E-state index contributed by atoms with van der Waals surface area (Å²) in [5, 5.41) is 0. The molecule has 0 aliphatic heterocycles. The van der Waals surface area contributed by atoms with Gasteiger partial charge in [-0.15, -0.1) is 0 Å². The number of aliphatic imine (C=N–C) groups is 2. The maximum atomic E-state index is 4.74. The van der Waals surface area contributed by atoms with Crippen LogP contribution in [0.3, 0.4) is 0 Å². The van der Waals surface area contributed by atoms with Gasteiger partial charge in [-0.3, -0.25) is 4.99 Å². The highest BCUT2D eigenvalue weighted by molar-refractivity contribution is 5.85. The zero-order valence-corrected chi connectivity index (χ0v) is 19.3. The lowest BCUT2D eigenvalue weighted by Crippen LogP contribution is -2.21. The van der Waals surface area contributed by atoms with Gasteiger partial charge in [0.25, 0.3) is 0 Å². The summed E-state index contributed by atoms with van der Waals surface area (Å²) in [6, 6.07) is 17.2. The molecular weight excluding hydrogens is 366 g/mol. The summed E-state index contributed by atoms with van der Waals surface area (Å²) in [4.78, 5) is 11.6.